The third-order valence-corrected chi connectivity index (χ3v) is 5.30. The molecule has 0 radical (unpaired) electrons. The molecule has 0 unspecified atom stereocenters. The molecule has 1 aromatic rings. The Bertz CT molecular complexity index is 533. The predicted molar refractivity (Wildman–Crippen MR) is 85.7 cm³/mol. The number of likely N-dealkylation sites (tertiary alicyclic amines) is 1. The third kappa shape index (κ3) is 2.72. The van der Waals surface area contributed by atoms with Crippen molar-refractivity contribution in [1.82, 2.24) is 4.90 Å². The summed E-state index contributed by atoms with van der Waals surface area (Å²) >= 11 is 0. The summed E-state index contributed by atoms with van der Waals surface area (Å²) in [6.07, 6.45) is 5.91. The Hall–Kier alpha value is -1.55. The van der Waals surface area contributed by atoms with Gasteiger partial charge in [-0.15, -0.1) is 0 Å². The highest BCUT2D eigenvalue weighted by molar-refractivity contribution is 5.80. The molecule has 4 atom stereocenters. The molecule has 4 rings (SSSR count). The second-order valence-electron chi connectivity index (χ2n) is 6.85. The lowest BCUT2D eigenvalue weighted by molar-refractivity contribution is -0.138. The maximum atomic E-state index is 12.8. The van der Waals surface area contributed by atoms with Crippen molar-refractivity contribution in [3.8, 4) is 0 Å². The van der Waals surface area contributed by atoms with Crippen LogP contribution < -0.4 is 5.32 Å². The second kappa shape index (κ2) is 5.92. The molecule has 3 aliphatic rings. The van der Waals surface area contributed by atoms with Gasteiger partial charge in [-0.25, -0.2) is 0 Å². The fourth-order valence-electron chi connectivity index (χ4n) is 4.20. The summed E-state index contributed by atoms with van der Waals surface area (Å²) in [5, 5.41) is 3.57. The molecule has 3 aliphatic heterocycles. The number of para-hydroxylation sites is 1. The van der Waals surface area contributed by atoms with Crippen molar-refractivity contribution in [2.45, 2.75) is 50.4 Å². The number of benzene rings is 1. The molecule has 1 aromatic carbocycles. The van der Waals surface area contributed by atoms with Crippen molar-refractivity contribution < 1.29 is 9.53 Å². The van der Waals surface area contributed by atoms with Crippen LogP contribution in [0.3, 0.4) is 0 Å². The average Bonchev–Trinajstić information content (AvgIpc) is 3.18. The monoisotopic (exact) mass is 300 g/mol. The fraction of sp³-hybridized carbons (Fsp3) is 0.611. The zero-order valence-electron chi connectivity index (χ0n) is 12.9. The number of rotatable bonds is 3. The van der Waals surface area contributed by atoms with Crippen LogP contribution in [0.2, 0.25) is 0 Å². The summed E-state index contributed by atoms with van der Waals surface area (Å²) in [4.78, 5) is 14.9. The number of anilines is 1. The first-order valence-electron chi connectivity index (χ1n) is 8.55. The van der Waals surface area contributed by atoms with Crippen LogP contribution in [0, 0.1) is 5.92 Å². The molecule has 22 heavy (non-hydrogen) atoms. The van der Waals surface area contributed by atoms with Crippen molar-refractivity contribution >= 4 is 11.6 Å². The van der Waals surface area contributed by atoms with Gasteiger partial charge in [-0.2, -0.15) is 0 Å². The maximum absolute atomic E-state index is 12.8. The lowest BCUT2D eigenvalue weighted by Crippen LogP contribution is -2.48. The minimum Gasteiger partial charge on any atom is -0.381 e. The van der Waals surface area contributed by atoms with E-state index in [0.29, 0.717) is 18.1 Å². The van der Waals surface area contributed by atoms with E-state index in [4.69, 9.17) is 4.74 Å². The summed E-state index contributed by atoms with van der Waals surface area (Å²) in [5.74, 6) is 0.445. The van der Waals surface area contributed by atoms with Gasteiger partial charge in [-0.05, 0) is 44.2 Å². The molecule has 118 valence electrons. The van der Waals surface area contributed by atoms with Crippen LogP contribution in [-0.4, -0.2) is 42.1 Å². The Balaban J connectivity index is 1.37. The first-order chi connectivity index (χ1) is 10.8. The van der Waals surface area contributed by atoms with Gasteiger partial charge in [0.2, 0.25) is 5.91 Å². The third-order valence-electron chi connectivity index (χ3n) is 5.30. The van der Waals surface area contributed by atoms with Gasteiger partial charge < -0.3 is 15.0 Å². The fourth-order valence-corrected chi connectivity index (χ4v) is 4.20. The van der Waals surface area contributed by atoms with Crippen molar-refractivity contribution in [2.24, 2.45) is 5.92 Å². The molecule has 3 fully saturated rings. The molecular formula is C18H24N2O2. The summed E-state index contributed by atoms with van der Waals surface area (Å²) in [6.45, 7) is 1.72. The number of carbonyl (C=O) groups excluding carboxylic acids is 1. The van der Waals surface area contributed by atoms with Gasteiger partial charge in [-0.3, -0.25) is 4.79 Å². The number of nitrogens with zero attached hydrogens (tertiary/aromatic N) is 1. The summed E-state index contributed by atoms with van der Waals surface area (Å²) in [7, 11) is 0. The minimum absolute atomic E-state index is 0.120. The van der Waals surface area contributed by atoms with Gasteiger partial charge in [-0.1, -0.05) is 18.2 Å². The number of amides is 1. The van der Waals surface area contributed by atoms with Crippen LogP contribution in [0.4, 0.5) is 5.69 Å². The second-order valence-corrected chi connectivity index (χ2v) is 6.85. The van der Waals surface area contributed by atoms with Crippen LogP contribution in [0.1, 0.15) is 32.1 Å². The van der Waals surface area contributed by atoms with Crippen molar-refractivity contribution in [1.29, 1.82) is 0 Å². The van der Waals surface area contributed by atoms with Gasteiger partial charge >= 0.3 is 0 Å². The highest BCUT2D eigenvalue weighted by Crippen LogP contribution is 2.39. The molecule has 1 amide bonds. The molecule has 4 nitrogen and oxygen atoms in total. The Morgan fingerprint density at radius 1 is 1.18 bits per heavy atom. The number of ether oxygens (including phenoxy) is 1. The van der Waals surface area contributed by atoms with Gasteiger partial charge in [0.05, 0.1) is 18.1 Å². The first-order valence-corrected chi connectivity index (χ1v) is 8.55. The van der Waals surface area contributed by atoms with E-state index >= 15 is 0 Å². The Morgan fingerprint density at radius 3 is 2.77 bits per heavy atom. The quantitative estimate of drug-likeness (QED) is 0.933. The molecule has 0 aromatic heterocycles. The molecule has 0 saturated carbocycles. The topological polar surface area (TPSA) is 41.6 Å². The van der Waals surface area contributed by atoms with E-state index < -0.39 is 0 Å². The largest absolute Gasteiger partial charge is 0.381 e. The summed E-state index contributed by atoms with van der Waals surface area (Å²) in [6, 6.07) is 10.6. The molecular weight excluding hydrogens is 276 g/mol. The lowest BCUT2D eigenvalue weighted by atomic mass is 9.87. The van der Waals surface area contributed by atoms with Gasteiger partial charge in [0, 0.05) is 24.8 Å². The van der Waals surface area contributed by atoms with E-state index in [1.54, 1.807) is 0 Å². The van der Waals surface area contributed by atoms with Crippen LogP contribution in [0.25, 0.3) is 0 Å². The van der Waals surface area contributed by atoms with Crippen molar-refractivity contribution in [3.63, 3.8) is 0 Å². The molecule has 4 heteroatoms. The summed E-state index contributed by atoms with van der Waals surface area (Å²) < 4.78 is 5.86. The van der Waals surface area contributed by atoms with Crippen molar-refractivity contribution in [2.75, 3.05) is 18.4 Å². The maximum Gasteiger partial charge on any atom is 0.228 e. The Kier molecular flexibility index (Phi) is 3.78. The van der Waals surface area contributed by atoms with E-state index in [1.165, 1.54) is 0 Å². The lowest BCUT2D eigenvalue weighted by Gasteiger charge is -2.36. The van der Waals surface area contributed by atoms with Gasteiger partial charge in [0.1, 0.15) is 0 Å². The SMILES string of the molecule is O=C([C@H]1C[C@H]2CC[C@H]1O2)N1CCC[C@H](Nc2ccccc2)C1. The molecule has 2 bridgehead atoms. The molecule has 3 heterocycles. The highest BCUT2D eigenvalue weighted by Gasteiger charge is 2.46. The Labute approximate surface area is 131 Å². The van der Waals surface area contributed by atoms with E-state index in [9.17, 15) is 4.79 Å². The minimum atomic E-state index is 0.120. The van der Waals surface area contributed by atoms with Gasteiger partial charge in [0.25, 0.3) is 0 Å². The zero-order chi connectivity index (χ0) is 14.9. The number of hydrogen-bond donors (Lipinski definition) is 1. The normalized spacial score (nSPS) is 33.9. The number of fused-ring (bicyclic) bond motifs is 2. The van der Waals surface area contributed by atoms with E-state index in [0.717, 1.165) is 50.9 Å². The number of nitrogens with one attached hydrogen (secondary N) is 1. The molecule has 3 saturated heterocycles. The first kappa shape index (κ1) is 14.1. The van der Waals surface area contributed by atoms with Crippen LogP contribution in [-0.2, 0) is 9.53 Å². The van der Waals surface area contributed by atoms with Crippen LogP contribution >= 0.6 is 0 Å². The van der Waals surface area contributed by atoms with Gasteiger partial charge in [0.15, 0.2) is 0 Å². The predicted octanol–water partition coefficient (Wildman–Crippen LogP) is 2.66. The van der Waals surface area contributed by atoms with Crippen LogP contribution in [0.5, 0.6) is 0 Å². The van der Waals surface area contributed by atoms with Crippen molar-refractivity contribution in [3.05, 3.63) is 30.3 Å². The van der Waals surface area contributed by atoms with E-state index in [1.807, 2.05) is 18.2 Å². The molecule has 0 aliphatic carbocycles. The smallest absolute Gasteiger partial charge is 0.228 e. The van der Waals surface area contributed by atoms with Crippen LogP contribution in [0.15, 0.2) is 30.3 Å². The molecule has 0 spiro atoms. The number of carbonyl (C=O) groups is 1. The zero-order valence-corrected chi connectivity index (χ0v) is 12.9. The number of hydrogen-bond acceptors (Lipinski definition) is 3. The van der Waals surface area contributed by atoms with E-state index in [-0.39, 0.29) is 12.0 Å². The highest BCUT2D eigenvalue weighted by atomic mass is 16.5. The van der Waals surface area contributed by atoms with E-state index in [2.05, 4.69) is 22.3 Å². The Morgan fingerprint density at radius 2 is 2.05 bits per heavy atom. The molecule has 1 N–H and O–H groups in total. The number of piperidine rings is 1. The average molecular weight is 300 g/mol. The summed E-state index contributed by atoms with van der Waals surface area (Å²) in [5.41, 5.74) is 1.14. The standard InChI is InChI=1S/C18H24N2O2/c21-18(16-11-15-8-9-17(16)22-15)20-10-4-7-14(12-20)19-13-5-2-1-3-6-13/h1-3,5-6,14-17,19H,4,7-12H2/t14-,15+,16-,17+/m0/s1.